The van der Waals surface area contributed by atoms with Gasteiger partial charge in [0.05, 0.1) is 12.8 Å². The number of rotatable bonds is 8. The maximum Gasteiger partial charge on any atom is 0.342 e. The van der Waals surface area contributed by atoms with E-state index in [0.29, 0.717) is 23.8 Å². The number of methoxy groups -OCH3 is 1. The largest absolute Gasteiger partial charge is 0.495 e. The molecule has 31 heavy (non-hydrogen) atoms. The SMILES string of the molecule is COc1ccc(C)cc1NC(=O)COC(=O)c1ccccc1OCc1cccc(C)c1. The molecule has 0 heterocycles. The van der Waals surface area contributed by atoms with Crippen LogP contribution in [-0.4, -0.2) is 25.6 Å². The topological polar surface area (TPSA) is 73.9 Å². The number of anilines is 1. The van der Waals surface area contributed by atoms with Crippen LogP contribution < -0.4 is 14.8 Å². The van der Waals surface area contributed by atoms with Crippen molar-refractivity contribution < 1.29 is 23.8 Å². The first-order valence-corrected chi connectivity index (χ1v) is 9.85. The highest BCUT2D eigenvalue weighted by molar-refractivity contribution is 5.97. The van der Waals surface area contributed by atoms with E-state index in [2.05, 4.69) is 5.32 Å². The van der Waals surface area contributed by atoms with Crippen molar-refractivity contribution in [2.24, 2.45) is 0 Å². The average Bonchev–Trinajstić information content (AvgIpc) is 2.76. The minimum atomic E-state index is -0.633. The molecule has 160 valence electrons. The van der Waals surface area contributed by atoms with Gasteiger partial charge < -0.3 is 19.5 Å². The quantitative estimate of drug-likeness (QED) is 0.537. The van der Waals surface area contributed by atoms with Crippen LogP contribution in [0.1, 0.15) is 27.0 Å². The Bertz CT molecular complexity index is 1080. The van der Waals surface area contributed by atoms with E-state index >= 15 is 0 Å². The van der Waals surface area contributed by atoms with Crippen molar-refractivity contribution in [1.82, 2.24) is 0 Å². The first-order chi connectivity index (χ1) is 15.0. The molecule has 0 aromatic heterocycles. The zero-order valence-corrected chi connectivity index (χ0v) is 17.8. The third kappa shape index (κ3) is 6.09. The molecule has 0 fully saturated rings. The molecule has 0 spiro atoms. The van der Waals surface area contributed by atoms with Gasteiger partial charge in [-0.1, -0.05) is 48.0 Å². The molecule has 0 saturated carbocycles. The average molecular weight is 419 g/mol. The van der Waals surface area contributed by atoms with Crippen LogP contribution in [0.3, 0.4) is 0 Å². The molecule has 3 rings (SSSR count). The molecule has 0 atom stereocenters. The second-order valence-corrected chi connectivity index (χ2v) is 7.10. The van der Waals surface area contributed by atoms with Crippen molar-refractivity contribution in [2.45, 2.75) is 20.5 Å². The van der Waals surface area contributed by atoms with Crippen LogP contribution in [0.15, 0.2) is 66.7 Å². The first kappa shape index (κ1) is 21.9. The Morgan fingerprint density at radius 2 is 1.65 bits per heavy atom. The van der Waals surface area contributed by atoms with Gasteiger partial charge in [0.15, 0.2) is 6.61 Å². The van der Waals surface area contributed by atoms with Crippen molar-refractivity contribution in [3.05, 3.63) is 89.0 Å². The van der Waals surface area contributed by atoms with E-state index in [1.165, 1.54) is 7.11 Å². The number of amides is 1. The summed E-state index contributed by atoms with van der Waals surface area (Å²) in [6.45, 7) is 3.80. The molecule has 0 radical (unpaired) electrons. The van der Waals surface area contributed by atoms with E-state index in [1.807, 2.05) is 44.2 Å². The monoisotopic (exact) mass is 419 g/mol. The number of hydrogen-bond acceptors (Lipinski definition) is 5. The van der Waals surface area contributed by atoms with Crippen LogP contribution >= 0.6 is 0 Å². The molecular formula is C25H25NO5. The molecule has 6 heteroatoms. The predicted octanol–water partition coefficient (Wildman–Crippen LogP) is 4.69. The van der Waals surface area contributed by atoms with Crippen molar-refractivity contribution in [3.8, 4) is 11.5 Å². The number of ether oxygens (including phenoxy) is 3. The smallest absolute Gasteiger partial charge is 0.342 e. The number of esters is 1. The second kappa shape index (κ2) is 10.3. The third-order valence-electron chi connectivity index (χ3n) is 4.55. The lowest BCUT2D eigenvalue weighted by Gasteiger charge is -2.13. The maximum absolute atomic E-state index is 12.6. The van der Waals surface area contributed by atoms with Gasteiger partial charge in [-0.3, -0.25) is 4.79 Å². The highest BCUT2D eigenvalue weighted by Crippen LogP contribution is 2.25. The van der Waals surface area contributed by atoms with Gasteiger partial charge in [0, 0.05) is 0 Å². The highest BCUT2D eigenvalue weighted by atomic mass is 16.5. The van der Waals surface area contributed by atoms with Crippen LogP contribution in [0.2, 0.25) is 0 Å². The Balaban J connectivity index is 1.60. The molecule has 1 amide bonds. The number of hydrogen-bond donors (Lipinski definition) is 1. The molecule has 0 aliphatic heterocycles. The van der Waals surface area contributed by atoms with Crippen LogP contribution in [0.4, 0.5) is 5.69 Å². The van der Waals surface area contributed by atoms with E-state index in [4.69, 9.17) is 14.2 Å². The van der Waals surface area contributed by atoms with Gasteiger partial charge in [-0.05, 0) is 49.2 Å². The fourth-order valence-corrected chi connectivity index (χ4v) is 3.04. The lowest BCUT2D eigenvalue weighted by atomic mass is 10.1. The van der Waals surface area contributed by atoms with E-state index in [-0.39, 0.29) is 5.56 Å². The molecule has 0 bridgehead atoms. The molecule has 3 aromatic rings. The zero-order chi connectivity index (χ0) is 22.2. The van der Waals surface area contributed by atoms with Crippen molar-refractivity contribution in [1.29, 1.82) is 0 Å². The fraction of sp³-hybridized carbons (Fsp3) is 0.200. The molecule has 0 saturated heterocycles. The lowest BCUT2D eigenvalue weighted by molar-refractivity contribution is -0.119. The summed E-state index contributed by atoms with van der Waals surface area (Å²) < 4.78 is 16.3. The van der Waals surface area contributed by atoms with Gasteiger partial charge in [-0.15, -0.1) is 0 Å². The number of aryl methyl sites for hydroxylation is 2. The number of benzene rings is 3. The molecule has 3 aromatic carbocycles. The molecule has 6 nitrogen and oxygen atoms in total. The van der Waals surface area contributed by atoms with Crippen molar-refractivity contribution >= 4 is 17.6 Å². The summed E-state index contributed by atoms with van der Waals surface area (Å²) in [5.74, 6) is -0.170. The first-order valence-electron chi connectivity index (χ1n) is 9.85. The predicted molar refractivity (Wildman–Crippen MR) is 119 cm³/mol. The summed E-state index contributed by atoms with van der Waals surface area (Å²) in [6.07, 6.45) is 0. The van der Waals surface area contributed by atoms with Crippen LogP contribution in [0, 0.1) is 13.8 Å². The van der Waals surface area contributed by atoms with Crippen molar-refractivity contribution in [2.75, 3.05) is 19.0 Å². The molecule has 0 aliphatic rings. The van der Waals surface area contributed by atoms with Gasteiger partial charge >= 0.3 is 5.97 Å². The highest BCUT2D eigenvalue weighted by Gasteiger charge is 2.16. The summed E-state index contributed by atoms with van der Waals surface area (Å²) in [5, 5.41) is 2.70. The van der Waals surface area contributed by atoms with Crippen LogP contribution in [0.5, 0.6) is 11.5 Å². The Morgan fingerprint density at radius 3 is 2.42 bits per heavy atom. The van der Waals surface area contributed by atoms with Gasteiger partial charge in [-0.25, -0.2) is 4.79 Å². The standard InChI is InChI=1S/C25H25NO5/c1-17-7-6-8-19(13-17)15-30-22-10-5-4-9-20(22)25(28)31-16-24(27)26-21-14-18(2)11-12-23(21)29-3/h4-14H,15-16H2,1-3H3,(H,26,27). The summed E-state index contributed by atoms with van der Waals surface area (Å²) in [5.41, 5.74) is 3.87. The van der Waals surface area contributed by atoms with Gasteiger partial charge in [0.2, 0.25) is 0 Å². The van der Waals surface area contributed by atoms with Gasteiger partial charge in [0.1, 0.15) is 23.7 Å². The molecule has 0 aliphatic carbocycles. The van der Waals surface area contributed by atoms with E-state index in [0.717, 1.165) is 16.7 Å². The van der Waals surface area contributed by atoms with Crippen LogP contribution in [0.25, 0.3) is 0 Å². The molecular weight excluding hydrogens is 394 g/mol. The fourth-order valence-electron chi connectivity index (χ4n) is 3.04. The Labute approximate surface area is 181 Å². The maximum atomic E-state index is 12.6. The summed E-state index contributed by atoms with van der Waals surface area (Å²) in [6, 6.07) is 20.2. The van der Waals surface area contributed by atoms with Crippen LogP contribution in [-0.2, 0) is 16.1 Å². The molecule has 0 unspecified atom stereocenters. The Morgan fingerprint density at radius 1 is 0.871 bits per heavy atom. The second-order valence-electron chi connectivity index (χ2n) is 7.10. The summed E-state index contributed by atoms with van der Waals surface area (Å²) in [7, 11) is 1.52. The minimum absolute atomic E-state index is 0.260. The normalized spacial score (nSPS) is 10.3. The Kier molecular flexibility index (Phi) is 7.27. The number of nitrogens with one attached hydrogen (secondary N) is 1. The van der Waals surface area contributed by atoms with E-state index in [1.54, 1.807) is 36.4 Å². The Hall–Kier alpha value is -3.80. The third-order valence-corrected chi connectivity index (χ3v) is 4.55. The summed E-state index contributed by atoms with van der Waals surface area (Å²) in [4.78, 5) is 24.8. The van der Waals surface area contributed by atoms with Gasteiger partial charge in [-0.2, -0.15) is 0 Å². The van der Waals surface area contributed by atoms with Crippen molar-refractivity contribution in [3.63, 3.8) is 0 Å². The zero-order valence-electron chi connectivity index (χ0n) is 17.8. The van der Waals surface area contributed by atoms with E-state index in [9.17, 15) is 9.59 Å². The summed E-state index contributed by atoms with van der Waals surface area (Å²) >= 11 is 0. The lowest BCUT2D eigenvalue weighted by Crippen LogP contribution is -2.21. The number of carbonyl (C=O) groups excluding carboxylic acids is 2. The molecule has 1 N–H and O–H groups in total. The van der Waals surface area contributed by atoms with E-state index < -0.39 is 18.5 Å². The minimum Gasteiger partial charge on any atom is -0.495 e. The number of carbonyl (C=O) groups is 2. The number of para-hydroxylation sites is 1. The van der Waals surface area contributed by atoms with Gasteiger partial charge in [0.25, 0.3) is 5.91 Å².